The first-order valence-electron chi connectivity index (χ1n) is 6.97. The lowest BCUT2D eigenvalue weighted by Gasteiger charge is -2.31. The monoisotopic (exact) mass is 289 g/mol. The van der Waals surface area contributed by atoms with Crippen LogP contribution in [0, 0.1) is 11.8 Å². The van der Waals surface area contributed by atoms with Gasteiger partial charge in [0.25, 0.3) is 0 Å². The second kappa shape index (κ2) is 5.89. The van der Waals surface area contributed by atoms with Crippen LogP contribution in [0.5, 0.6) is 0 Å². The van der Waals surface area contributed by atoms with Gasteiger partial charge >= 0.3 is 0 Å². The van der Waals surface area contributed by atoms with E-state index in [9.17, 15) is 13.2 Å². The Labute approximate surface area is 115 Å². The van der Waals surface area contributed by atoms with E-state index < -0.39 is 10.0 Å². The third-order valence-electron chi connectivity index (χ3n) is 4.15. The van der Waals surface area contributed by atoms with E-state index in [2.05, 4.69) is 0 Å². The summed E-state index contributed by atoms with van der Waals surface area (Å²) in [5, 5.41) is 0. The molecule has 0 saturated carbocycles. The maximum atomic E-state index is 12.2. The number of Topliss-reactive ketones (excluding diaryl/α,β-unsaturated/α-hetero) is 1. The lowest BCUT2D eigenvalue weighted by molar-refractivity contribution is -0.130. The molecule has 2 heterocycles. The summed E-state index contributed by atoms with van der Waals surface area (Å²) in [6, 6.07) is 0. The summed E-state index contributed by atoms with van der Waals surface area (Å²) >= 11 is 0. The number of ether oxygens (including phenoxy) is 1. The second-order valence-corrected chi connectivity index (χ2v) is 7.84. The first kappa shape index (κ1) is 14.9. The molecule has 2 fully saturated rings. The lowest BCUT2D eigenvalue weighted by Crippen LogP contribution is -2.40. The predicted molar refractivity (Wildman–Crippen MR) is 72.3 cm³/mol. The molecule has 0 N–H and O–H groups in total. The summed E-state index contributed by atoms with van der Waals surface area (Å²) < 4.78 is 30.1. The van der Waals surface area contributed by atoms with Gasteiger partial charge in [0, 0.05) is 26.1 Å². The molecule has 0 bridgehead atoms. The van der Waals surface area contributed by atoms with Gasteiger partial charge in [-0.2, -0.15) is 0 Å². The SMILES string of the molecule is CC1CCOC1C(=O)CC1CCCN(S(C)(=O)=O)C1. The van der Waals surface area contributed by atoms with Crippen molar-refractivity contribution in [2.75, 3.05) is 26.0 Å². The van der Waals surface area contributed by atoms with E-state index in [0.29, 0.717) is 32.0 Å². The van der Waals surface area contributed by atoms with Crippen molar-refractivity contribution in [2.45, 2.75) is 38.7 Å². The van der Waals surface area contributed by atoms with Crippen molar-refractivity contribution in [3.63, 3.8) is 0 Å². The van der Waals surface area contributed by atoms with E-state index in [1.165, 1.54) is 10.6 Å². The van der Waals surface area contributed by atoms with Gasteiger partial charge in [-0.1, -0.05) is 6.92 Å². The molecular weight excluding hydrogens is 266 g/mol. The molecular formula is C13H23NO4S. The zero-order valence-electron chi connectivity index (χ0n) is 11.7. The first-order valence-corrected chi connectivity index (χ1v) is 8.82. The highest BCUT2D eigenvalue weighted by atomic mass is 32.2. The average molecular weight is 289 g/mol. The Morgan fingerprint density at radius 2 is 2.11 bits per heavy atom. The number of ketones is 1. The minimum atomic E-state index is -3.13. The Balaban J connectivity index is 1.90. The van der Waals surface area contributed by atoms with E-state index in [1.54, 1.807) is 0 Å². The molecule has 2 saturated heterocycles. The summed E-state index contributed by atoms with van der Waals surface area (Å²) in [5.74, 6) is 0.583. The molecule has 0 aliphatic carbocycles. The number of nitrogens with zero attached hydrogens (tertiary/aromatic N) is 1. The minimum Gasteiger partial charge on any atom is -0.370 e. The highest BCUT2D eigenvalue weighted by molar-refractivity contribution is 7.88. The summed E-state index contributed by atoms with van der Waals surface area (Å²) in [6.07, 6.45) is 4.12. The average Bonchev–Trinajstić information content (AvgIpc) is 2.75. The first-order chi connectivity index (χ1) is 8.88. The summed E-state index contributed by atoms with van der Waals surface area (Å²) in [4.78, 5) is 12.2. The third kappa shape index (κ3) is 3.77. The van der Waals surface area contributed by atoms with Crippen LogP contribution < -0.4 is 0 Å². The third-order valence-corrected chi connectivity index (χ3v) is 5.42. The van der Waals surface area contributed by atoms with Crippen LogP contribution in [0.4, 0.5) is 0 Å². The van der Waals surface area contributed by atoms with Gasteiger partial charge < -0.3 is 4.74 Å². The number of hydrogen-bond donors (Lipinski definition) is 0. The predicted octanol–water partition coefficient (Wildman–Crippen LogP) is 1.04. The van der Waals surface area contributed by atoms with Gasteiger partial charge in [-0.25, -0.2) is 12.7 Å². The Kier molecular flexibility index (Phi) is 4.63. The zero-order valence-corrected chi connectivity index (χ0v) is 12.5. The number of hydrogen-bond acceptors (Lipinski definition) is 4. The molecule has 2 rings (SSSR count). The molecule has 19 heavy (non-hydrogen) atoms. The van der Waals surface area contributed by atoms with Crippen molar-refractivity contribution in [3.05, 3.63) is 0 Å². The fraction of sp³-hybridized carbons (Fsp3) is 0.923. The van der Waals surface area contributed by atoms with Crippen LogP contribution >= 0.6 is 0 Å². The number of sulfonamides is 1. The standard InChI is InChI=1S/C13H23NO4S/c1-10-5-7-18-13(10)12(15)8-11-4-3-6-14(9-11)19(2,16)17/h10-11,13H,3-9H2,1-2H3. The van der Waals surface area contributed by atoms with Crippen molar-refractivity contribution in [1.29, 1.82) is 0 Å². The number of carbonyl (C=O) groups is 1. The van der Waals surface area contributed by atoms with Crippen LogP contribution in [0.25, 0.3) is 0 Å². The van der Waals surface area contributed by atoms with E-state index in [1.807, 2.05) is 6.92 Å². The molecule has 0 aromatic heterocycles. The Bertz CT molecular complexity index is 434. The van der Waals surface area contributed by atoms with Crippen molar-refractivity contribution in [2.24, 2.45) is 11.8 Å². The fourth-order valence-electron chi connectivity index (χ4n) is 3.00. The Morgan fingerprint density at radius 1 is 1.37 bits per heavy atom. The second-order valence-electron chi connectivity index (χ2n) is 5.86. The molecule has 2 aliphatic heterocycles. The summed E-state index contributed by atoms with van der Waals surface area (Å²) in [6.45, 7) is 3.77. The molecule has 3 unspecified atom stereocenters. The number of carbonyl (C=O) groups excluding carboxylic acids is 1. The Hall–Kier alpha value is -0.460. The molecule has 0 aromatic rings. The van der Waals surface area contributed by atoms with Gasteiger partial charge in [-0.05, 0) is 31.1 Å². The van der Waals surface area contributed by atoms with E-state index >= 15 is 0 Å². The Morgan fingerprint density at radius 3 is 2.68 bits per heavy atom. The smallest absolute Gasteiger partial charge is 0.211 e. The summed E-state index contributed by atoms with van der Waals surface area (Å²) in [5.41, 5.74) is 0. The van der Waals surface area contributed by atoms with Crippen LogP contribution in [0.3, 0.4) is 0 Å². The highest BCUT2D eigenvalue weighted by Gasteiger charge is 2.34. The van der Waals surface area contributed by atoms with Gasteiger partial charge in [0.2, 0.25) is 10.0 Å². The molecule has 5 nitrogen and oxygen atoms in total. The molecule has 2 aliphatic rings. The maximum absolute atomic E-state index is 12.2. The van der Waals surface area contributed by atoms with Crippen LogP contribution in [0.2, 0.25) is 0 Å². The van der Waals surface area contributed by atoms with Crippen molar-refractivity contribution >= 4 is 15.8 Å². The van der Waals surface area contributed by atoms with Crippen LogP contribution in [0.1, 0.15) is 32.6 Å². The molecule has 0 amide bonds. The molecule has 0 aromatic carbocycles. The van der Waals surface area contributed by atoms with Gasteiger partial charge in [0.1, 0.15) is 6.10 Å². The van der Waals surface area contributed by atoms with E-state index in [0.717, 1.165) is 19.3 Å². The zero-order chi connectivity index (χ0) is 14.0. The lowest BCUT2D eigenvalue weighted by atomic mass is 9.89. The quantitative estimate of drug-likeness (QED) is 0.776. The molecule has 0 spiro atoms. The topological polar surface area (TPSA) is 63.7 Å². The van der Waals surface area contributed by atoms with E-state index in [-0.39, 0.29) is 17.8 Å². The summed E-state index contributed by atoms with van der Waals surface area (Å²) in [7, 11) is -3.13. The van der Waals surface area contributed by atoms with Gasteiger partial charge in [0.05, 0.1) is 6.26 Å². The van der Waals surface area contributed by atoms with Gasteiger partial charge in [0.15, 0.2) is 5.78 Å². The molecule has 3 atom stereocenters. The molecule has 6 heteroatoms. The normalized spacial score (nSPS) is 33.5. The van der Waals surface area contributed by atoms with Gasteiger partial charge in [-0.15, -0.1) is 0 Å². The van der Waals surface area contributed by atoms with Crippen LogP contribution in [-0.4, -0.2) is 50.6 Å². The van der Waals surface area contributed by atoms with Crippen molar-refractivity contribution < 1.29 is 17.9 Å². The molecule has 110 valence electrons. The largest absolute Gasteiger partial charge is 0.370 e. The molecule has 0 radical (unpaired) electrons. The van der Waals surface area contributed by atoms with Crippen molar-refractivity contribution in [1.82, 2.24) is 4.31 Å². The minimum absolute atomic E-state index is 0.144. The number of piperidine rings is 1. The van der Waals surface area contributed by atoms with Gasteiger partial charge in [-0.3, -0.25) is 4.79 Å². The highest BCUT2D eigenvalue weighted by Crippen LogP contribution is 2.26. The fourth-order valence-corrected chi connectivity index (χ4v) is 3.94. The van der Waals surface area contributed by atoms with Crippen LogP contribution in [-0.2, 0) is 19.6 Å². The number of rotatable bonds is 4. The van der Waals surface area contributed by atoms with E-state index in [4.69, 9.17) is 4.74 Å². The van der Waals surface area contributed by atoms with Crippen LogP contribution in [0.15, 0.2) is 0 Å². The maximum Gasteiger partial charge on any atom is 0.211 e. The van der Waals surface area contributed by atoms with Crippen molar-refractivity contribution in [3.8, 4) is 0 Å².